The molecule has 0 aromatic rings. The smallest absolute Gasteiger partial charge is 0.391 e. The van der Waals surface area contributed by atoms with Crippen LogP contribution in [0.3, 0.4) is 0 Å². The maximum absolute atomic E-state index is 13.1. The van der Waals surface area contributed by atoms with E-state index in [9.17, 15) is 19.4 Å². The van der Waals surface area contributed by atoms with Crippen LogP contribution in [0.5, 0.6) is 0 Å². The summed E-state index contributed by atoms with van der Waals surface area (Å²) in [5.74, 6) is -0.136. The molecule has 0 radical (unpaired) electrons. The molecule has 0 aliphatic rings. The van der Waals surface area contributed by atoms with Crippen molar-refractivity contribution >= 4 is 13.7 Å². The van der Waals surface area contributed by atoms with E-state index in [1.165, 1.54) is 321 Å². The Hall–Kier alpha value is -1.28. The van der Waals surface area contributed by atoms with E-state index in [4.69, 9.17) is 9.05 Å². The van der Waals surface area contributed by atoms with Gasteiger partial charge in [-0.1, -0.05) is 378 Å². The van der Waals surface area contributed by atoms with Crippen molar-refractivity contribution in [3.05, 3.63) is 36.5 Å². The van der Waals surface area contributed by atoms with Gasteiger partial charge in [0.25, 0.3) is 0 Å². The van der Waals surface area contributed by atoms with Gasteiger partial charge in [-0.25, -0.2) is 4.57 Å². The van der Waals surface area contributed by atoms with Gasteiger partial charge in [-0.15, -0.1) is 0 Å². The molecule has 0 saturated heterocycles. The van der Waals surface area contributed by atoms with Gasteiger partial charge in [0.05, 0.1) is 39.9 Å². The largest absolute Gasteiger partial charge is 0.472 e. The fraction of sp³-hybridized carbons (Fsp3) is 0.909. The number of aliphatic hydroxyl groups excluding tert-OH is 1. The Kier molecular flexibility index (Phi) is 67.1. The third-order valence-electron chi connectivity index (χ3n) is 17.9. The fourth-order valence-corrected chi connectivity index (χ4v) is 12.7. The molecule has 0 aromatic heterocycles. The summed E-state index contributed by atoms with van der Waals surface area (Å²) in [7, 11) is 1.64. The number of rotatable bonds is 72. The number of likely N-dealkylation sites (N-methyl/N-ethyl adjacent to an activating group) is 1. The van der Waals surface area contributed by atoms with Crippen molar-refractivity contribution in [2.45, 2.75) is 411 Å². The van der Waals surface area contributed by atoms with Crippen LogP contribution in [0.1, 0.15) is 399 Å². The number of carbonyl (C=O) groups excluding carboxylic acids is 1. The van der Waals surface area contributed by atoms with Crippen LogP contribution >= 0.6 is 7.82 Å². The number of nitrogens with zero attached hydrogens (tertiary/aromatic N) is 1. The molecule has 0 aromatic carbocycles. The summed E-state index contributed by atoms with van der Waals surface area (Å²) in [6.07, 6.45) is 91.3. The third-order valence-corrected chi connectivity index (χ3v) is 18.9. The number of allylic oxidation sites excluding steroid dienone is 6. The first-order valence-corrected chi connectivity index (χ1v) is 39.8. The number of phosphoric ester groups is 1. The zero-order chi connectivity index (χ0) is 62.6. The minimum Gasteiger partial charge on any atom is -0.391 e. The first-order valence-electron chi connectivity index (χ1n) is 38.4. The lowest BCUT2D eigenvalue weighted by Crippen LogP contribution is -2.46. The molecule has 1 amide bonds. The molecular formula is C77H152N2O6P+. The molecule has 0 rings (SSSR count). The Morgan fingerprint density at radius 2 is 0.663 bits per heavy atom. The van der Waals surface area contributed by atoms with Gasteiger partial charge in [-0.05, 0) is 51.4 Å². The van der Waals surface area contributed by atoms with E-state index in [0.717, 1.165) is 51.4 Å². The number of phosphoric acid groups is 1. The molecule has 0 aliphatic carbocycles. The van der Waals surface area contributed by atoms with E-state index in [1.807, 2.05) is 21.1 Å². The average Bonchev–Trinajstić information content (AvgIpc) is 3.70. The minimum atomic E-state index is -4.33. The standard InChI is InChI=1S/C77H151N2O6P/c1-6-8-10-12-14-16-18-20-22-24-26-28-30-32-34-36-38-39-41-43-45-47-49-51-53-55-57-59-61-63-65-67-69-71-77(81)78-75(74-85-86(82,83)84-73-72-79(3,4)5)76(80)70-68-66-64-62-60-58-56-54-52-50-48-46-44-42-40-37-35-33-31-29-27-25-23-21-19-17-15-13-11-9-7-2/h18,20,24,26,30,32,75-76,80H,6-17,19,21-23,25,27-29,31,33-74H2,1-5H3,(H-,78,81,82,83)/p+1/b20-18-,26-24-,32-30-. The minimum absolute atomic E-state index is 0.0767. The number of hydrogen-bond donors (Lipinski definition) is 3. The molecule has 510 valence electrons. The van der Waals surface area contributed by atoms with Crippen LogP contribution in [0.25, 0.3) is 0 Å². The lowest BCUT2D eigenvalue weighted by Gasteiger charge is -2.26. The quantitative estimate of drug-likeness (QED) is 0.0243. The molecule has 3 unspecified atom stereocenters. The molecule has 0 spiro atoms. The SMILES string of the molecule is CCCCCCC/C=C\C/C=C\C/C=C\CCCCCCCCCCCCCCCCCCCCC(=O)NC(COP(=O)(O)OCC[N+](C)(C)C)C(O)CCCCCCCCCCCCCCCCCCCCCCCCCCCCCCCCC. The molecule has 3 N–H and O–H groups in total. The van der Waals surface area contributed by atoms with Crippen LogP contribution in [-0.2, 0) is 18.4 Å². The second-order valence-corrected chi connectivity index (χ2v) is 29.2. The number of nitrogens with one attached hydrogen (secondary N) is 1. The van der Waals surface area contributed by atoms with E-state index in [2.05, 4.69) is 55.6 Å². The summed E-state index contributed by atoms with van der Waals surface area (Å²) in [5, 5.41) is 14.2. The summed E-state index contributed by atoms with van der Waals surface area (Å²) < 4.78 is 23.9. The third kappa shape index (κ3) is 70.2. The summed E-state index contributed by atoms with van der Waals surface area (Å²) in [5.41, 5.74) is 0. The van der Waals surface area contributed by atoms with E-state index in [-0.39, 0.29) is 19.1 Å². The average molecular weight is 1230 g/mol. The number of carbonyl (C=O) groups is 1. The second kappa shape index (κ2) is 68.1. The van der Waals surface area contributed by atoms with Crippen molar-refractivity contribution in [3.8, 4) is 0 Å². The van der Waals surface area contributed by atoms with Gasteiger partial charge >= 0.3 is 7.82 Å². The lowest BCUT2D eigenvalue weighted by molar-refractivity contribution is -0.870. The van der Waals surface area contributed by atoms with Crippen molar-refractivity contribution in [2.75, 3.05) is 40.9 Å². The van der Waals surface area contributed by atoms with Crippen LogP contribution in [-0.4, -0.2) is 73.4 Å². The van der Waals surface area contributed by atoms with E-state index in [1.54, 1.807) is 0 Å². The van der Waals surface area contributed by atoms with Crippen molar-refractivity contribution in [2.24, 2.45) is 0 Å². The van der Waals surface area contributed by atoms with Crippen molar-refractivity contribution in [1.82, 2.24) is 5.32 Å². The molecule has 86 heavy (non-hydrogen) atoms. The van der Waals surface area contributed by atoms with Gasteiger partial charge < -0.3 is 19.8 Å². The summed E-state index contributed by atoms with van der Waals surface area (Å²) in [6.45, 7) is 4.94. The predicted molar refractivity (Wildman–Crippen MR) is 378 cm³/mol. The predicted octanol–water partition coefficient (Wildman–Crippen LogP) is 24.8. The van der Waals surface area contributed by atoms with E-state index >= 15 is 0 Å². The van der Waals surface area contributed by atoms with Gasteiger partial charge in [-0.2, -0.15) is 0 Å². The van der Waals surface area contributed by atoms with Crippen molar-refractivity contribution in [3.63, 3.8) is 0 Å². The van der Waals surface area contributed by atoms with Gasteiger partial charge in [-0.3, -0.25) is 13.8 Å². The summed E-state index contributed by atoms with van der Waals surface area (Å²) in [4.78, 5) is 23.5. The molecule has 0 aliphatic heterocycles. The molecule has 0 bridgehead atoms. The highest BCUT2D eigenvalue weighted by Gasteiger charge is 2.28. The Morgan fingerprint density at radius 1 is 0.395 bits per heavy atom. The normalized spacial score (nSPS) is 13.7. The Balaban J connectivity index is 3.96. The molecule has 0 fully saturated rings. The first kappa shape index (κ1) is 84.7. The maximum Gasteiger partial charge on any atom is 0.472 e. The van der Waals surface area contributed by atoms with Gasteiger partial charge in [0.15, 0.2) is 0 Å². The van der Waals surface area contributed by atoms with Crippen LogP contribution in [0.4, 0.5) is 0 Å². The molecule has 3 atom stereocenters. The Labute approximate surface area is 537 Å². The number of unbranched alkanes of at least 4 members (excludes halogenated alkanes) is 53. The summed E-state index contributed by atoms with van der Waals surface area (Å²) >= 11 is 0. The number of quaternary nitrogens is 1. The molecule has 8 nitrogen and oxygen atoms in total. The maximum atomic E-state index is 13.1. The Morgan fingerprint density at radius 3 is 0.965 bits per heavy atom. The van der Waals surface area contributed by atoms with Gasteiger partial charge in [0.1, 0.15) is 13.2 Å². The van der Waals surface area contributed by atoms with E-state index < -0.39 is 20.0 Å². The fourth-order valence-electron chi connectivity index (χ4n) is 11.9. The van der Waals surface area contributed by atoms with Crippen molar-refractivity contribution in [1.29, 1.82) is 0 Å². The van der Waals surface area contributed by atoms with Gasteiger partial charge in [0, 0.05) is 6.42 Å². The van der Waals surface area contributed by atoms with Crippen LogP contribution in [0.2, 0.25) is 0 Å². The molecule has 9 heteroatoms. The highest BCUT2D eigenvalue weighted by atomic mass is 31.2. The van der Waals surface area contributed by atoms with Crippen LogP contribution in [0.15, 0.2) is 36.5 Å². The molecule has 0 heterocycles. The Bertz CT molecular complexity index is 1500. The molecular weight excluding hydrogens is 1080 g/mol. The number of hydrogen-bond acceptors (Lipinski definition) is 5. The van der Waals surface area contributed by atoms with Crippen LogP contribution < -0.4 is 5.32 Å². The molecule has 0 saturated carbocycles. The highest BCUT2D eigenvalue weighted by Crippen LogP contribution is 2.43. The van der Waals surface area contributed by atoms with E-state index in [0.29, 0.717) is 23.9 Å². The number of amides is 1. The van der Waals surface area contributed by atoms with Gasteiger partial charge in [0.2, 0.25) is 5.91 Å². The highest BCUT2D eigenvalue weighted by molar-refractivity contribution is 7.47. The van der Waals surface area contributed by atoms with Crippen molar-refractivity contribution < 1.29 is 32.9 Å². The summed E-state index contributed by atoms with van der Waals surface area (Å²) in [6, 6.07) is -0.762. The monoisotopic (exact) mass is 1230 g/mol. The zero-order valence-electron chi connectivity index (χ0n) is 58.6. The topological polar surface area (TPSA) is 105 Å². The zero-order valence-corrected chi connectivity index (χ0v) is 59.5. The second-order valence-electron chi connectivity index (χ2n) is 27.7. The number of aliphatic hydroxyl groups is 1. The lowest BCUT2D eigenvalue weighted by atomic mass is 10.0. The van der Waals surface area contributed by atoms with Crippen LogP contribution in [0, 0.1) is 0 Å². The first-order chi connectivity index (χ1) is 42.0.